The van der Waals surface area contributed by atoms with E-state index in [1.165, 1.54) is 11.6 Å². The molecule has 0 aliphatic carbocycles. The molecule has 0 aliphatic heterocycles. The second-order valence-electron chi connectivity index (χ2n) is 8.99. The van der Waals surface area contributed by atoms with E-state index in [2.05, 4.69) is 15.5 Å². The Morgan fingerprint density at radius 1 is 0.780 bits per heavy atom. The first-order valence-corrected chi connectivity index (χ1v) is 12.6. The van der Waals surface area contributed by atoms with E-state index in [0.29, 0.717) is 51.2 Å². The van der Waals surface area contributed by atoms with Crippen molar-refractivity contribution in [3.8, 4) is 51.6 Å². The molecular formula is C30H29N5O6. The first-order valence-electron chi connectivity index (χ1n) is 12.6. The zero-order chi connectivity index (χ0) is 29.1. The summed E-state index contributed by atoms with van der Waals surface area (Å²) in [4.78, 5) is 14.5. The molecule has 0 radical (unpaired) electrons. The summed E-state index contributed by atoms with van der Waals surface area (Å²) in [6, 6.07) is 20.5. The van der Waals surface area contributed by atoms with E-state index in [-0.39, 0.29) is 11.9 Å². The third kappa shape index (κ3) is 5.05. The minimum atomic E-state index is -0.186. The summed E-state index contributed by atoms with van der Waals surface area (Å²) in [5, 5.41) is 13.6. The number of benzene rings is 4. The average molecular weight is 556 g/mol. The van der Waals surface area contributed by atoms with Crippen molar-refractivity contribution in [2.45, 2.75) is 6.92 Å². The van der Waals surface area contributed by atoms with Crippen molar-refractivity contribution >= 4 is 22.4 Å². The van der Waals surface area contributed by atoms with Gasteiger partial charge in [0.05, 0.1) is 39.8 Å². The first-order chi connectivity index (χ1) is 19.9. The molecule has 0 saturated heterocycles. The molecular weight excluding hydrogens is 526 g/mol. The Hall–Kier alpha value is -5.32. The normalized spacial score (nSPS) is 10.8. The second kappa shape index (κ2) is 11.4. The van der Waals surface area contributed by atoms with Gasteiger partial charge < -0.3 is 28.6 Å². The number of amides is 1. The summed E-state index contributed by atoms with van der Waals surface area (Å²) >= 11 is 0. The predicted molar refractivity (Wildman–Crippen MR) is 154 cm³/mol. The van der Waals surface area contributed by atoms with Gasteiger partial charge >= 0.3 is 6.01 Å². The molecule has 0 saturated carbocycles. The Balaban J connectivity index is 1.85. The fraction of sp³-hybridized carbons (Fsp3) is 0.200. The maximum atomic E-state index is 12.9. The van der Waals surface area contributed by atoms with E-state index in [0.717, 1.165) is 10.8 Å². The number of carbonyl (C=O) groups is 1. The standard InChI is InChI=1S/C30H29N5O6/c1-18(36)34(2)29-22-17-26(40-6)25(39-5)15-20(22)16-27(28(29)19-12-13-23(37-3)24(14-19)38-4)41-30-31-32-33-35(30)21-10-8-7-9-11-21/h7-17H,1-6H3. The van der Waals surface area contributed by atoms with Crippen LogP contribution in [0.15, 0.2) is 66.7 Å². The van der Waals surface area contributed by atoms with Crippen molar-refractivity contribution in [3.05, 3.63) is 66.7 Å². The van der Waals surface area contributed by atoms with Crippen molar-refractivity contribution in [2.75, 3.05) is 40.4 Å². The number of tetrazole rings is 1. The molecule has 5 aromatic rings. The summed E-state index contributed by atoms with van der Waals surface area (Å²) in [5.41, 5.74) is 2.60. The van der Waals surface area contributed by atoms with E-state index >= 15 is 0 Å². The minimum absolute atomic E-state index is 0.134. The number of fused-ring (bicyclic) bond motifs is 1. The van der Waals surface area contributed by atoms with Gasteiger partial charge in [0.25, 0.3) is 0 Å². The van der Waals surface area contributed by atoms with Crippen molar-refractivity contribution in [1.82, 2.24) is 20.2 Å². The predicted octanol–water partition coefficient (Wildman–Crippen LogP) is 5.29. The van der Waals surface area contributed by atoms with Crippen LogP contribution in [-0.2, 0) is 4.79 Å². The summed E-state index contributed by atoms with van der Waals surface area (Å²) in [7, 11) is 7.97. The van der Waals surface area contributed by atoms with Gasteiger partial charge in [-0.2, -0.15) is 4.68 Å². The second-order valence-corrected chi connectivity index (χ2v) is 8.99. The van der Waals surface area contributed by atoms with Gasteiger partial charge in [0.1, 0.15) is 5.75 Å². The molecule has 1 aromatic heterocycles. The molecule has 0 unspecified atom stereocenters. The zero-order valence-corrected chi connectivity index (χ0v) is 23.5. The summed E-state index contributed by atoms with van der Waals surface area (Å²) in [5.74, 6) is 2.31. The number of rotatable bonds is 9. The Morgan fingerprint density at radius 2 is 1.41 bits per heavy atom. The molecule has 0 aliphatic rings. The fourth-order valence-corrected chi connectivity index (χ4v) is 4.61. The van der Waals surface area contributed by atoms with E-state index in [1.807, 2.05) is 60.7 Å². The third-order valence-electron chi connectivity index (χ3n) is 6.70. The molecule has 11 nitrogen and oxygen atoms in total. The van der Waals surface area contributed by atoms with Crippen molar-refractivity contribution in [1.29, 1.82) is 0 Å². The number of methoxy groups -OCH3 is 4. The Bertz CT molecular complexity index is 1720. The lowest BCUT2D eigenvalue weighted by molar-refractivity contribution is -0.116. The van der Waals surface area contributed by atoms with Crippen LogP contribution in [0.3, 0.4) is 0 Å². The van der Waals surface area contributed by atoms with Gasteiger partial charge in [0.15, 0.2) is 23.0 Å². The number of aromatic nitrogens is 4. The zero-order valence-electron chi connectivity index (χ0n) is 23.5. The van der Waals surface area contributed by atoms with E-state index in [1.54, 1.807) is 46.5 Å². The van der Waals surface area contributed by atoms with Crippen LogP contribution in [-0.4, -0.2) is 61.6 Å². The summed E-state index contributed by atoms with van der Waals surface area (Å²) < 4.78 is 30.2. The Labute approximate surface area is 236 Å². The van der Waals surface area contributed by atoms with Gasteiger partial charge in [-0.1, -0.05) is 29.4 Å². The number of hydrogen-bond donors (Lipinski definition) is 0. The molecule has 0 bridgehead atoms. The maximum Gasteiger partial charge on any atom is 0.345 e. The maximum absolute atomic E-state index is 12.9. The summed E-state index contributed by atoms with van der Waals surface area (Å²) in [6.07, 6.45) is 0. The molecule has 210 valence electrons. The van der Waals surface area contributed by atoms with Gasteiger partial charge in [0.2, 0.25) is 5.91 Å². The highest BCUT2D eigenvalue weighted by Crippen LogP contribution is 2.49. The van der Waals surface area contributed by atoms with Crippen LogP contribution < -0.4 is 28.6 Å². The molecule has 0 spiro atoms. The fourth-order valence-electron chi connectivity index (χ4n) is 4.61. The number of ether oxygens (including phenoxy) is 5. The molecule has 0 fully saturated rings. The van der Waals surface area contributed by atoms with Gasteiger partial charge in [0, 0.05) is 24.9 Å². The Morgan fingerprint density at radius 3 is 2.07 bits per heavy atom. The molecule has 1 heterocycles. The highest BCUT2D eigenvalue weighted by atomic mass is 16.5. The van der Waals surface area contributed by atoms with Crippen LogP contribution in [0.4, 0.5) is 5.69 Å². The van der Waals surface area contributed by atoms with E-state index in [4.69, 9.17) is 23.7 Å². The van der Waals surface area contributed by atoms with E-state index in [9.17, 15) is 4.79 Å². The molecule has 5 rings (SSSR count). The van der Waals surface area contributed by atoms with Gasteiger partial charge in [-0.3, -0.25) is 4.79 Å². The van der Waals surface area contributed by atoms with E-state index < -0.39 is 0 Å². The van der Waals surface area contributed by atoms with Gasteiger partial charge in [-0.25, -0.2) is 0 Å². The number of carbonyl (C=O) groups excluding carboxylic acids is 1. The van der Waals surface area contributed by atoms with Crippen LogP contribution in [0, 0.1) is 0 Å². The lowest BCUT2D eigenvalue weighted by Gasteiger charge is -2.25. The van der Waals surface area contributed by atoms with Crippen LogP contribution in [0.2, 0.25) is 0 Å². The smallest absolute Gasteiger partial charge is 0.345 e. The van der Waals surface area contributed by atoms with Crippen LogP contribution in [0.5, 0.6) is 34.8 Å². The molecule has 1 amide bonds. The SMILES string of the molecule is COc1ccc(-c2c(Oc3nnnn3-c3ccccc3)cc3cc(OC)c(OC)cc3c2N(C)C(C)=O)cc1OC. The molecule has 11 heteroatoms. The molecule has 0 N–H and O–H groups in total. The molecule has 4 aromatic carbocycles. The quantitative estimate of drug-likeness (QED) is 0.239. The lowest BCUT2D eigenvalue weighted by atomic mass is 9.95. The first kappa shape index (κ1) is 27.3. The molecule has 0 atom stereocenters. The molecule has 41 heavy (non-hydrogen) atoms. The van der Waals surface area contributed by atoms with Crippen LogP contribution in [0.1, 0.15) is 6.92 Å². The Kier molecular flexibility index (Phi) is 7.59. The number of anilines is 1. The topological polar surface area (TPSA) is 110 Å². The highest BCUT2D eigenvalue weighted by Gasteiger charge is 2.25. The number of para-hydroxylation sites is 1. The van der Waals surface area contributed by atoms with Gasteiger partial charge in [-0.15, -0.1) is 0 Å². The van der Waals surface area contributed by atoms with Crippen molar-refractivity contribution in [2.24, 2.45) is 0 Å². The van der Waals surface area contributed by atoms with Crippen LogP contribution in [0.25, 0.3) is 27.6 Å². The summed E-state index contributed by atoms with van der Waals surface area (Å²) in [6.45, 7) is 1.49. The van der Waals surface area contributed by atoms with Crippen molar-refractivity contribution < 1.29 is 28.5 Å². The minimum Gasteiger partial charge on any atom is -0.493 e. The average Bonchev–Trinajstić information content (AvgIpc) is 3.47. The van der Waals surface area contributed by atoms with Crippen molar-refractivity contribution in [3.63, 3.8) is 0 Å². The number of hydrogen-bond acceptors (Lipinski definition) is 9. The van der Waals surface area contributed by atoms with Crippen LogP contribution >= 0.6 is 0 Å². The van der Waals surface area contributed by atoms with Gasteiger partial charge in [-0.05, 0) is 63.8 Å². The lowest BCUT2D eigenvalue weighted by Crippen LogP contribution is -2.24. The number of nitrogens with zero attached hydrogens (tertiary/aromatic N) is 5. The largest absolute Gasteiger partial charge is 0.493 e. The monoisotopic (exact) mass is 555 g/mol. The highest BCUT2D eigenvalue weighted by molar-refractivity contribution is 6.11. The third-order valence-corrected chi connectivity index (χ3v) is 6.70.